The number of nitrogens with one attached hydrogen (secondary N) is 1. The number of nitrogen functional groups attached to an aromatic ring is 1. The van der Waals surface area contributed by atoms with Gasteiger partial charge in [0.15, 0.2) is 0 Å². The van der Waals surface area contributed by atoms with E-state index >= 15 is 0 Å². The van der Waals surface area contributed by atoms with E-state index in [9.17, 15) is 0 Å². The Bertz CT molecular complexity index is 598. The van der Waals surface area contributed by atoms with Crippen LogP contribution in [0, 0.1) is 13.8 Å². The Morgan fingerprint density at radius 3 is 2.70 bits per heavy atom. The predicted octanol–water partition coefficient (Wildman–Crippen LogP) is 2.70. The number of anilines is 2. The topological polar surface area (TPSA) is 86.0 Å². The zero-order valence-corrected chi connectivity index (χ0v) is 12.9. The van der Waals surface area contributed by atoms with Gasteiger partial charge >= 0.3 is 6.01 Å². The quantitative estimate of drug-likeness (QED) is 0.881. The standard InChI is InChI=1S/C13H19N5OS/c1-5-19-13-17-11(14)16-12(18-13)15-8(3)10-6-7(2)20-9(10)4/h6,8H,5H2,1-4H3,(H3,14,15,16,17,18). The molecule has 0 aliphatic heterocycles. The van der Waals surface area contributed by atoms with Crippen molar-refractivity contribution in [2.75, 3.05) is 17.7 Å². The van der Waals surface area contributed by atoms with Crippen molar-refractivity contribution in [3.63, 3.8) is 0 Å². The van der Waals surface area contributed by atoms with E-state index in [-0.39, 0.29) is 18.0 Å². The van der Waals surface area contributed by atoms with Gasteiger partial charge in [-0.05, 0) is 39.3 Å². The van der Waals surface area contributed by atoms with E-state index in [0.29, 0.717) is 12.6 Å². The van der Waals surface area contributed by atoms with Gasteiger partial charge in [-0.15, -0.1) is 11.3 Å². The molecule has 0 spiro atoms. The van der Waals surface area contributed by atoms with Crippen LogP contribution in [0.4, 0.5) is 11.9 Å². The summed E-state index contributed by atoms with van der Waals surface area (Å²) in [6.45, 7) is 8.63. The Balaban J connectivity index is 2.18. The van der Waals surface area contributed by atoms with Crippen LogP contribution in [0.25, 0.3) is 0 Å². The monoisotopic (exact) mass is 293 g/mol. The second-order valence-electron chi connectivity index (χ2n) is 4.47. The molecule has 0 bridgehead atoms. The van der Waals surface area contributed by atoms with Crippen LogP contribution in [0.3, 0.4) is 0 Å². The van der Waals surface area contributed by atoms with E-state index in [1.165, 1.54) is 15.3 Å². The van der Waals surface area contributed by atoms with Crippen molar-refractivity contribution in [1.82, 2.24) is 15.0 Å². The average molecular weight is 293 g/mol. The maximum Gasteiger partial charge on any atom is 0.323 e. The second-order valence-corrected chi connectivity index (χ2v) is 5.93. The van der Waals surface area contributed by atoms with Crippen LogP contribution in [0.15, 0.2) is 6.07 Å². The average Bonchev–Trinajstić information content (AvgIpc) is 2.68. The third-order valence-electron chi connectivity index (χ3n) is 2.80. The van der Waals surface area contributed by atoms with E-state index in [1.54, 1.807) is 11.3 Å². The molecule has 0 saturated carbocycles. The van der Waals surface area contributed by atoms with Crippen molar-refractivity contribution in [1.29, 1.82) is 0 Å². The number of aromatic nitrogens is 3. The van der Waals surface area contributed by atoms with Gasteiger partial charge < -0.3 is 15.8 Å². The molecule has 0 aliphatic rings. The van der Waals surface area contributed by atoms with Gasteiger partial charge in [0.25, 0.3) is 0 Å². The van der Waals surface area contributed by atoms with Crippen LogP contribution in [-0.4, -0.2) is 21.6 Å². The highest BCUT2D eigenvalue weighted by Crippen LogP contribution is 2.28. The molecular formula is C13H19N5OS. The molecule has 0 aromatic carbocycles. The smallest absolute Gasteiger partial charge is 0.323 e. The Labute approximate surface area is 122 Å². The zero-order valence-electron chi connectivity index (χ0n) is 12.1. The SMILES string of the molecule is CCOc1nc(N)nc(NC(C)c2cc(C)sc2C)n1. The van der Waals surface area contributed by atoms with Crippen LogP contribution in [0.5, 0.6) is 6.01 Å². The number of thiophene rings is 1. The molecule has 2 aromatic rings. The lowest BCUT2D eigenvalue weighted by molar-refractivity contribution is 0.312. The number of nitrogens with two attached hydrogens (primary N) is 1. The van der Waals surface area contributed by atoms with E-state index in [0.717, 1.165) is 0 Å². The number of ether oxygens (including phenoxy) is 1. The Morgan fingerprint density at radius 2 is 2.10 bits per heavy atom. The predicted molar refractivity (Wildman–Crippen MR) is 81.2 cm³/mol. The minimum atomic E-state index is 0.0937. The molecule has 0 saturated heterocycles. The molecule has 2 heterocycles. The van der Waals surface area contributed by atoms with Crippen LogP contribution in [0.2, 0.25) is 0 Å². The molecule has 3 N–H and O–H groups in total. The Morgan fingerprint density at radius 1 is 1.35 bits per heavy atom. The Hall–Kier alpha value is -1.89. The molecule has 6 nitrogen and oxygen atoms in total. The maximum atomic E-state index is 5.66. The molecule has 0 fully saturated rings. The maximum absolute atomic E-state index is 5.66. The fraction of sp³-hybridized carbons (Fsp3) is 0.462. The molecule has 20 heavy (non-hydrogen) atoms. The zero-order chi connectivity index (χ0) is 14.7. The Kier molecular flexibility index (Phi) is 4.39. The normalized spacial score (nSPS) is 12.2. The molecule has 0 amide bonds. The van der Waals surface area contributed by atoms with Crippen LogP contribution in [0.1, 0.15) is 35.2 Å². The molecule has 1 unspecified atom stereocenters. The largest absolute Gasteiger partial charge is 0.464 e. The van der Waals surface area contributed by atoms with Gasteiger partial charge in [-0.25, -0.2) is 0 Å². The van der Waals surface area contributed by atoms with Gasteiger partial charge in [0.05, 0.1) is 12.6 Å². The van der Waals surface area contributed by atoms with Crippen molar-refractivity contribution in [2.45, 2.75) is 33.7 Å². The van der Waals surface area contributed by atoms with Crippen molar-refractivity contribution in [2.24, 2.45) is 0 Å². The van der Waals surface area contributed by atoms with Gasteiger partial charge in [-0.2, -0.15) is 15.0 Å². The summed E-state index contributed by atoms with van der Waals surface area (Å²) in [5.41, 5.74) is 6.90. The summed E-state index contributed by atoms with van der Waals surface area (Å²) in [5, 5.41) is 3.24. The van der Waals surface area contributed by atoms with Crippen LogP contribution >= 0.6 is 11.3 Å². The summed E-state index contributed by atoms with van der Waals surface area (Å²) in [7, 11) is 0. The molecular weight excluding hydrogens is 274 g/mol. The van der Waals surface area contributed by atoms with Gasteiger partial charge in [0.2, 0.25) is 11.9 Å². The first-order valence-electron chi connectivity index (χ1n) is 6.47. The second kappa shape index (κ2) is 6.04. The first kappa shape index (κ1) is 14.5. The number of hydrogen-bond donors (Lipinski definition) is 2. The van der Waals surface area contributed by atoms with E-state index in [1.807, 2.05) is 6.92 Å². The highest BCUT2D eigenvalue weighted by atomic mass is 32.1. The first-order valence-corrected chi connectivity index (χ1v) is 7.29. The van der Waals surface area contributed by atoms with E-state index in [4.69, 9.17) is 10.5 Å². The van der Waals surface area contributed by atoms with Crippen molar-refractivity contribution < 1.29 is 4.74 Å². The van der Waals surface area contributed by atoms with E-state index < -0.39 is 0 Å². The summed E-state index contributed by atoms with van der Waals surface area (Å²) in [5.74, 6) is 0.577. The van der Waals surface area contributed by atoms with Gasteiger partial charge in [-0.1, -0.05) is 0 Å². The summed E-state index contributed by atoms with van der Waals surface area (Å²) >= 11 is 1.78. The minimum Gasteiger partial charge on any atom is -0.464 e. The molecule has 0 aliphatic carbocycles. The molecule has 108 valence electrons. The molecule has 2 aromatic heterocycles. The van der Waals surface area contributed by atoms with Crippen molar-refractivity contribution in [3.8, 4) is 6.01 Å². The number of hydrogen-bond acceptors (Lipinski definition) is 7. The minimum absolute atomic E-state index is 0.0937. The third-order valence-corrected chi connectivity index (χ3v) is 3.78. The summed E-state index contributed by atoms with van der Waals surface area (Å²) in [4.78, 5) is 14.8. The van der Waals surface area contributed by atoms with Crippen molar-refractivity contribution >= 4 is 23.2 Å². The summed E-state index contributed by atoms with van der Waals surface area (Å²) in [6.07, 6.45) is 0. The number of rotatable bonds is 5. The fourth-order valence-electron chi connectivity index (χ4n) is 1.98. The third kappa shape index (κ3) is 3.36. The number of nitrogens with zero attached hydrogens (tertiary/aromatic N) is 3. The van der Waals surface area contributed by atoms with Crippen molar-refractivity contribution in [3.05, 3.63) is 21.4 Å². The van der Waals surface area contributed by atoms with Gasteiger partial charge in [0, 0.05) is 9.75 Å². The van der Waals surface area contributed by atoms with E-state index in [2.05, 4.69) is 47.1 Å². The molecule has 2 rings (SSSR count). The lowest BCUT2D eigenvalue weighted by atomic mass is 10.1. The highest BCUT2D eigenvalue weighted by molar-refractivity contribution is 7.12. The van der Waals surface area contributed by atoms with Crippen LogP contribution < -0.4 is 15.8 Å². The molecule has 7 heteroatoms. The number of aryl methyl sites for hydroxylation is 2. The van der Waals surface area contributed by atoms with Gasteiger partial charge in [-0.3, -0.25) is 0 Å². The van der Waals surface area contributed by atoms with Crippen LogP contribution in [-0.2, 0) is 0 Å². The highest BCUT2D eigenvalue weighted by Gasteiger charge is 2.13. The summed E-state index contributed by atoms with van der Waals surface area (Å²) < 4.78 is 5.26. The molecule has 1 atom stereocenters. The van der Waals surface area contributed by atoms with Gasteiger partial charge in [0.1, 0.15) is 0 Å². The lowest BCUT2D eigenvalue weighted by Crippen LogP contribution is -2.12. The lowest BCUT2D eigenvalue weighted by Gasteiger charge is -2.14. The molecule has 0 radical (unpaired) electrons. The fourth-order valence-corrected chi connectivity index (χ4v) is 3.00. The first-order chi connectivity index (χ1) is 9.49. The summed E-state index contributed by atoms with van der Waals surface area (Å²) in [6, 6.07) is 2.51.